The van der Waals surface area contributed by atoms with Crippen molar-refractivity contribution in [3.8, 4) is 0 Å². The molecule has 7 aliphatic heterocycles. The number of Topliss-reactive ketones (excluding diaryl/α,β-unsaturated/α-hetero) is 1. The van der Waals surface area contributed by atoms with E-state index >= 15 is 4.79 Å². The number of unbranched alkanes of at least 4 members (excludes halogenated alkanes) is 1. The van der Waals surface area contributed by atoms with Crippen LogP contribution in [0, 0.1) is 18.3 Å². The largest absolute Gasteiger partial charge is 0.467 e. The number of likely N-dealkylation sites (tertiary alicyclic amines) is 1. The number of amides is 3. The van der Waals surface area contributed by atoms with Crippen LogP contribution < -0.4 is 10.2 Å². The molecule has 1 spiro atoms. The predicted octanol–water partition coefficient (Wildman–Crippen LogP) is 7.28. The average molecular weight is 1220 g/mol. The summed E-state index contributed by atoms with van der Waals surface area (Å²) in [5, 5.41) is 30.2. The van der Waals surface area contributed by atoms with Gasteiger partial charge in [-0.1, -0.05) is 75.9 Å². The Hall–Kier alpha value is -5.02. The summed E-state index contributed by atoms with van der Waals surface area (Å²) in [5.41, 5.74) is 3.70. The summed E-state index contributed by atoms with van der Waals surface area (Å²) in [7, 11) is 0.805. The molecular formula is C66H92N6O12SSi. The van der Waals surface area contributed by atoms with E-state index in [1.165, 1.54) is 64.0 Å². The van der Waals surface area contributed by atoms with E-state index in [0.29, 0.717) is 50.9 Å². The zero-order valence-electron chi connectivity index (χ0n) is 51.8. The van der Waals surface area contributed by atoms with Gasteiger partial charge in [-0.25, -0.2) is 4.79 Å². The summed E-state index contributed by atoms with van der Waals surface area (Å²) in [6.07, 6.45) is 14.0. The second kappa shape index (κ2) is 25.8. The van der Waals surface area contributed by atoms with Crippen LogP contribution in [-0.2, 0) is 64.7 Å². The molecule has 468 valence electrons. The number of methoxy groups -OCH3 is 1. The van der Waals surface area contributed by atoms with E-state index in [9.17, 15) is 29.4 Å². The number of carbonyl (C=O) groups excluding carboxylic acids is 7. The number of carbonyl (C=O) groups is 5. The number of aryl methyl sites for hydroxylation is 1. The Morgan fingerprint density at radius 3 is 2.47 bits per heavy atom. The number of aliphatic hydroxyl groups is 2. The Kier molecular flexibility index (Phi) is 19.2. The molecule has 2 bridgehead atoms. The summed E-state index contributed by atoms with van der Waals surface area (Å²) in [4.78, 5) is 94.2. The molecule has 20 heteroatoms. The zero-order valence-corrected chi connectivity index (χ0v) is 53.6. The molecule has 86 heavy (non-hydrogen) atoms. The lowest BCUT2D eigenvalue weighted by atomic mass is 9.47. The van der Waals surface area contributed by atoms with Crippen molar-refractivity contribution in [1.82, 2.24) is 25.0 Å². The highest BCUT2D eigenvalue weighted by atomic mass is 32.2. The average Bonchev–Trinajstić information content (AvgIpc) is 1.42. The fraction of sp³-hybridized carbons (Fsp3) is 0.667. The summed E-state index contributed by atoms with van der Waals surface area (Å²) in [5.74, 6) is -0.364. The number of aromatic nitrogens is 1. The van der Waals surface area contributed by atoms with Gasteiger partial charge in [0.05, 0.1) is 49.9 Å². The van der Waals surface area contributed by atoms with Crippen molar-refractivity contribution in [3.05, 3.63) is 76.5 Å². The van der Waals surface area contributed by atoms with Crippen LogP contribution in [0.1, 0.15) is 139 Å². The summed E-state index contributed by atoms with van der Waals surface area (Å²) < 4.78 is 19.6. The summed E-state index contributed by atoms with van der Waals surface area (Å²) in [6, 6.07) is 15.5. The molecule has 3 aromatic rings. The number of hydrogen-bond acceptors (Lipinski definition) is 16. The van der Waals surface area contributed by atoms with Crippen molar-refractivity contribution in [3.63, 3.8) is 0 Å². The maximum Gasteiger partial charge on any atom is 0.373 e. The third-order valence-corrected chi connectivity index (χ3v) is 27.3. The molecule has 18 nitrogen and oxygen atoms in total. The molecule has 8 aliphatic rings. The minimum Gasteiger partial charge on any atom is -0.467 e. The van der Waals surface area contributed by atoms with Crippen LogP contribution in [0.15, 0.2) is 48.6 Å². The number of para-hydroxylation sites is 1. The first-order valence-corrected chi connectivity index (χ1v) is 35.4. The maximum absolute atomic E-state index is 15.3. The van der Waals surface area contributed by atoms with Crippen LogP contribution in [0.25, 0.3) is 10.9 Å². The Morgan fingerprint density at radius 1 is 0.965 bits per heavy atom. The number of imide groups is 1. The van der Waals surface area contributed by atoms with Crippen LogP contribution in [-0.4, -0.2) is 187 Å². The number of ether oxygens (including phenoxy) is 2. The van der Waals surface area contributed by atoms with E-state index in [1.54, 1.807) is 0 Å². The smallest absolute Gasteiger partial charge is 0.373 e. The SMILES string of the molecule is CC[C@]1(O)CC2CN(CCc3c([nH]c4ccccc34)[C@@](C)(c3cc4c(cc3C)N(C)[C@H]3[C@@](O)(C(=O)OC)[C@H](O[Si]5(CCCCC(=O)NCCOCCN6C(=O)CC(SCCC(C)=O)C6=O)CCCCC5)[C@]5(CC)C=CCN6CC[C@]43[C@@H]65)C2)C1.O=C=O. The molecule has 2 aromatic carbocycles. The van der Waals surface area contributed by atoms with Crippen molar-refractivity contribution in [2.24, 2.45) is 11.3 Å². The number of benzene rings is 2. The lowest BCUT2D eigenvalue weighted by Crippen LogP contribution is -2.82. The van der Waals surface area contributed by atoms with Gasteiger partial charge >= 0.3 is 12.1 Å². The molecule has 3 amide bonds. The number of H-pyrrole nitrogens is 1. The number of hydrogen-bond donors (Lipinski definition) is 4. The van der Waals surface area contributed by atoms with Gasteiger partial charge in [0, 0.05) is 109 Å². The van der Waals surface area contributed by atoms with Crippen LogP contribution >= 0.6 is 11.8 Å². The van der Waals surface area contributed by atoms with E-state index in [2.05, 4.69) is 108 Å². The van der Waals surface area contributed by atoms with Crippen molar-refractivity contribution in [1.29, 1.82) is 0 Å². The van der Waals surface area contributed by atoms with Crippen molar-refractivity contribution < 1.29 is 57.7 Å². The first-order chi connectivity index (χ1) is 41.2. The number of likely N-dealkylation sites (N-methyl/N-ethyl adjacent to an activating group) is 1. The van der Waals surface area contributed by atoms with Gasteiger partial charge < -0.3 is 39.3 Å². The van der Waals surface area contributed by atoms with Gasteiger partial charge in [0.2, 0.25) is 23.3 Å². The molecule has 1 saturated carbocycles. The zero-order chi connectivity index (χ0) is 61.4. The van der Waals surface area contributed by atoms with Crippen molar-refractivity contribution in [2.75, 3.05) is 83.8 Å². The number of piperidine rings is 1. The molecular weight excluding hydrogens is 1130 g/mol. The quantitative estimate of drug-likeness (QED) is 0.0270. The van der Waals surface area contributed by atoms with E-state index in [1.807, 2.05) is 0 Å². The standard InChI is InChI=1S/C65H92N6O10SSi.CO2/c1-8-62(77)40-45-39-61(5,55-47(21-27-69(41-45)42-62)46-18-11-12-19-50(46)67-55)48-37-49-51(36-43(48)3)68(6)58-64(49)24-28-70-26-17-23-63(9-2,57(64)70)59(65(58,78)60(76)79-7)81-83(33-14-10-15-34-83)35-16-13-20-53(73)66-25-30-80-31-29-71-54(74)38-52(56(71)75)82-32-22-44(4)72;2-1-3/h11-12,17-19,23,36-37,45,52,57-59,67,77-78H,8-10,13-16,20-22,24-35,38-42H2,1-7H3,(H,66,73);/t45?,52?,57-,58+,59+,61+,62-,63+,64+,65-;/m0./s1. The van der Waals surface area contributed by atoms with Crippen LogP contribution in [0.5, 0.6) is 0 Å². The highest BCUT2D eigenvalue weighted by molar-refractivity contribution is 8.00. The van der Waals surface area contributed by atoms with E-state index in [4.69, 9.17) is 23.5 Å². The first kappa shape index (κ1) is 64.0. The van der Waals surface area contributed by atoms with Gasteiger partial charge in [-0.05, 0) is 131 Å². The molecule has 1 aromatic heterocycles. The predicted molar refractivity (Wildman–Crippen MR) is 331 cm³/mol. The summed E-state index contributed by atoms with van der Waals surface area (Å²) >= 11 is 1.35. The van der Waals surface area contributed by atoms with E-state index < -0.39 is 59.1 Å². The normalized spacial score (nSPS) is 32.4. The Bertz CT molecular complexity index is 3110. The lowest BCUT2D eigenvalue weighted by molar-refractivity contribution is -0.214. The van der Waals surface area contributed by atoms with Gasteiger partial charge in [0.15, 0.2) is 8.32 Å². The number of nitrogens with one attached hydrogen (secondary N) is 2. The molecule has 11 rings (SSSR count). The van der Waals surface area contributed by atoms with Crippen molar-refractivity contribution in [2.45, 2.75) is 188 Å². The maximum atomic E-state index is 15.3. The molecule has 0 radical (unpaired) electrons. The fourth-order valence-corrected chi connectivity index (χ4v) is 23.8. The van der Waals surface area contributed by atoms with Gasteiger partial charge in [-0.3, -0.25) is 33.9 Å². The van der Waals surface area contributed by atoms with Gasteiger partial charge in [0.1, 0.15) is 5.78 Å². The number of nitrogens with zero attached hydrogens (tertiary/aromatic N) is 4. The highest BCUT2D eigenvalue weighted by Crippen LogP contribution is 2.68. The summed E-state index contributed by atoms with van der Waals surface area (Å²) in [6.45, 7) is 15.5. The highest BCUT2D eigenvalue weighted by Gasteiger charge is 2.80. The number of thioether (sulfide) groups is 1. The number of anilines is 1. The number of rotatable bonds is 21. The number of aromatic amines is 1. The molecule has 4 N–H and O–H groups in total. The van der Waals surface area contributed by atoms with E-state index in [-0.39, 0.29) is 67.8 Å². The number of esters is 1. The lowest BCUT2D eigenvalue weighted by Gasteiger charge is -2.65. The van der Waals surface area contributed by atoms with Gasteiger partial charge in [0.25, 0.3) is 0 Å². The third kappa shape index (κ3) is 11.4. The Labute approximate surface area is 512 Å². The number of fused-ring (bicyclic) bond motifs is 6. The van der Waals surface area contributed by atoms with Gasteiger partial charge in [-0.2, -0.15) is 9.59 Å². The Morgan fingerprint density at radius 2 is 1.73 bits per heavy atom. The molecule has 5 fully saturated rings. The minimum absolute atomic E-state index is 0.0563. The monoisotopic (exact) mass is 1220 g/mol. The second-order valence-electron chi connectivity index (χ2n) is 26.7. The first-order valence-electron chi connectivity index (χ1n) is 31.8. The molecule has 3 unspecified atom stereocenters. The van der Waals surface area contributed by atoms with Gasteiger partial charge in [-0.15, -0.1) is 11.8 Å². The van der Waals surface area contributed by atoms with E-state index in [0.717, 1.165) is 107 Å². The fourth-order valence-electron chi connectivity index (χ4n) is 17.9. The van der Waals surface area contributed by atoms with Crippen LogP contribution in [0.2, 0.25) is 18.1 Å². The Balaban J connectivity index is 0.00000268. The molecule has 11 atom stereocenters. The van der Waals surface area contributed by atoms with Crippen LogP contribution in [0.3, 0.4) is 0 Å². The topological polar surface area (TPSA) is 228 Å². The molecule has 4 saturated heterocycles. The number of ketones is 1. The van der Waals surface area contributed by atoms with Crippen LogP contribution in [0.4, 0.5) is 5.69 Å². The van der Waals surface area contributed by atoms with Crippen molar-refractivity contribution >= 4 is 72.3 Å². The molecule has 1 aliphatic carbocycles. The second-order valence-corrected chi connectivity index (χ2v) is 32.1. The minimum atomic E-state index is -2.70. The third-order valence-electron chi connectivity index (χ3n) is 21.6. The molecule has 8 heterocycles.